The van der Waals surface area contributed by atoms with Crippen molar-refractivity contribution in [1.29, 1.82) is 0 Å². The molecule has 1 saturated heterocycles. The predicted octanol–water partition coefficient (Wildman–Crippen LogP) is 1.36. The minimum absolute atomic E-state index is 0.0822. The van der Waals surface area contributed by atoms with Gasteiger partial charge in [0.2, 0.25) is 17.7 Å². The van der Waals surface area contributed by atoms with Crippen LogP contribution in [0.25, 0.3) is 10.8 Å². The van der Waals surface area contributed by atoms with Crippen LogP contribution in [0.1, 0.15) is 43.2 Å². The van der Waals surface area contributed by atoms with E-state index in [1.165, 1.54) is 0 Å². The van der Waals surface area contributed by atoms with E-state index in [4.69, 9.17) is 11.5 Å². The molecule has 0 spiro atoms. The van der Waals surface area contributed by atoms with Gasteiger partial charge in [-0.15, -0.1) is 0 Å². The van der Waals surface area contributed by atoms with Crippen molar-refractivity contribution in [1.82, 2.24) is 21.3 Å². The Balaban J connectivity index is 1.55. The number of nitrogens with two attached hydrogens (primary N) is 2. The minimum atomic E-state index is -1.22. The largest absolute Gasteiger partial charge is 0.480 e. The smallest absolute Gasteiger partial charge is 0.326 e. The summed E-state index contributed by atoms with van der Waals surface area (Å²) in [7, 11) is 0. The number of carbonyl (C=O) groups is 4. The molecule has 0 radical (unpaired) electrons. The Kier molecular flexibility index (Phi) is 12.5. The number of aliphatic carboxylic acids is 1. The van der Waals surface area contributed by atoms with Gasteiger partial charge in [0.15, 0.2) is 5.96 Å². The van der Waals surface area contributed by atoms with Crippen LogP contribution in [0.5, 0.6) is 0 Å². The fraction of sp³-hybridized carbons (Fsp3) is 0.382. The Morgan fingerprint density at radius 2 is 1.46 bits per heavy atom. The van der Waals surface area contributed by atoms with Gasteiger partial charge in [0.1, 0.15) is 18.1 Å². The number of fused-ring (bicyclic) bond motifs is 1. The number of carboxylic acid groups (broad SMARTS) is 1. The van der Waals surface area contributed by atoms with Crippen LogP contribution >= 0.6 is 0 Å². The molecule has 4 atom stereocenters. The SMILES string of the molecule is NC(N)=NCCC[C@H](NC(=O)[C@H](Cc1ccccc1)NC(=O)[C@H](Cc1ccc2ccccc2c1)NC(=O)[C@@H]1CCCCN1)C(=O)O. The van der Waals surface area contributed by atoms with Gasteiger partial charge in [-0.25, -0.2) is 4.79 Å². The average Bonchev–Trinajstić information content (AvgIpc) is 3.06. The third-order valence-electron chi connectivity index (χ3n) is 7.99. The standard InChI is InChI=1S/C34H43N7O5/c35-34(36)38-18-8-14-27(33(45)46)39-31(43)28(20-22-9-2-1-3-10-22)41-32(44)29(40-30(42)26-13-6-7-17-37-26)21-23-15-16-24-11-4-5-12-25(24)19-23/h1-5,9-12,15-16,19,26-29,37H,6-8,13-14,17-18,20-21H2,(H,39,43)(H,40,42)(H,41,44)(H,45,46)(H4,35,36,38)/t26-,27-,28-,29-/m0/s1. The van der Waals surface area contributed by atoms with E-state index in [0.717, 1.165) is 41.3 Å². The van der Waals surface area contributed by atoms with Crippen LogP contribution in [0.15, 0.2) is 77.8 Å². The third kappa shape index (κ3) is 10.3. The first-order chi connectivity index (χ1) is 22.2. The summed E-state index contributed by atoms with van der Waals surface area (Å²) in [6.07, 6.45) is 3.25. The molecule has 0 aromatic heterocycles. The highest BCUT2D eigenvalue weighted by Crippen LogP contribution is 2.17. The lowest BCUT2D eigenvalue weighted by molar-refractivity contribution is -0.142. The third-order valence-corrected chi connectivity index (χ3v) is 7.99. The molecule has 3 aromatic rings. The fourth-order valence-electron chi connectivity index (χ4n) is 5.52. The zero-order chi connectivity index (χ0) is 32.9. The van der Waals surface area contributed by atoms with Crippen LogP contribution in [0.2, 0.25) is 0 Å². The van der Waals surface area contributed by atoms with Crippen molar-refractivity contribution in [3.63, 3.8) is 0 Å². The lowest BCUT2D eigenvalue weighted by atomic mass is 9.99. The first-order valence-corrected chi connectivity index (χ1v) is 15.6. The van der Waals surface area contributed by atoms with Crippen molar-refractivity contribution in [2.24, 2.45) is 16.5 Å². The number of rotatable bonds is 15. The van der Waals surface area contributed by atoms with Gasteiger partial charge in [-0.05, 0) is 54.1 Å². The van der Waals surface area contributed by atoms with Gasteiger partial charge in [0, 0.05) is 19.4 Å². The minimum Gasteiger partial charge on any atom is -0.480 e. The van der Waals surface area contributed by atoms with E-state index >= 15 is 0 Å². The van der Waals surface area contributed by atoms with Crippen LogP contribution in [0.3, 0.4) is 0 Å². The molecule has 0 aliphatic carbocycles. The molecule has 1 fully saturated rings. The maximum Gasteiger partial charge on any atom is 0.326 e. The van der Waals surface area contributed by atoms with Crippen molar-refractivity contribution in [3.05, 3.63) is 83.9 Å². The van der Waals surface area contributed by atoms with E-state index in [1.54, 1.807) is 0 Å². The molecule has 0 unspecified atom stereocenters. The average molecular weight is 630 g/mol. The zero-order valence-corrected chi connectivity index (χ0v) is 25.8. The summed E-state index contributed by atoms with van der Waals surface area (Å²) in [5.41, 5.74) is 12.3. The van der Waals surface area contributed by atoms with Gasteiger partial charge < -0.3 is 37.8 Å². The zero-order valence-electron chi connectivity index (χ0n) is 25.8. The Morgan fingerprint density at radius 1 is 0.804 bits per heavy atom. The highest BCUT2D eigenvalue weighted by molar-refractivity contribution is 5.94. The summed E-state index contributed by atoms with van der Waals surface area (Å²) in [5, 5.41) is 23.4. The first kappa shape index (κ1) is 33.9. The number of aliphatic imine (C=N–C) groups is 1. The van der Waals surface area contributed by atoms with Gasteiger partial charge in [0.05, 0.1) is 6.04 Å². The summed E-state index contributed by atoms with van der Waals surface area (Å²) in [4.78, 5) is 56.7. The van der Waals surface area contributed by atoms with Crippen molar-refractivity contribution in [2.75, 3.05) is 13.1 Å². The molecule has 1 aliphatic rings. The summed E-state index contributed by atoms with van der Waals surface area (Å²) >= 11 is 0. The van der Waals surface area contributed by atoms with Gasteiger partial charge in [0.25, 0.3) is 0 Å². The fourth-order valence-corrected chi connectivity index (χ4v) is 5.52. The van der Waals surface area contributed by atoms with E-state index < -0.39 is 42.0 Å². The normalized spacial score (nSPS) is 16.4. The van der Waals surface area contributed by atoms with E-state index in [1.807, 2.05) is 72.8 Å². The molecule has 1 aliphatic heterocycles. The molecule has 0 saturated carbocycles. The molecule has 3 aromatic carbocycles. The Bertz CT molecular complexity index is 1520. The summed E-state index contributed by atoms with van der Waals surface area (Å²) in [6, 6.07) is 19.1. The molecule has 12 nitrogen and oxygen atoms in total. The first-order valence-electron chi connectivity index (χ1n) is 15.6. The van der Waals surface area contributed by atoms with E-state index in [9.17, 15) is 24.3 Å². The van der Waals surface area contributed by atoms with Crippen molar-refractivity contribution in [2.45, 2.75) is 69.1 Å². The second-order valence-electron chi connectivity index (χ2n) is 11.5. The van der Waals surface area contributed by atoms with Gasteiger partial charge in [-0.3, -0.25) is 19.4 Å². The van der Waals surface area contributed by atoms with Gasteiger partial charge in [-0.2, -0.15) is 0 Å². The van der Waals surface area contributed by atoms with E-state index in [2.05, 4.69) is 26.3 Å². The molecule has 1 heterocycles. The van der Waals surface area contributed by atoms with E-state index in [-0.39, 0.29) is 37.7 Å². The number of piperidine rings is 1. The summed E-state index contributed by atoms with van der Waals surface area (Å²) in [6.45, 7) is 0.924. The molecule has 0 bridgehead atoms. The number of guanidine groups is 1. The number of amides is 3. The predicted molar refractivity (Wildman–Crippen MR) is 177 cm³/mol. The molecule has 12 heteroatoms. The van der Waals surface area contributed by atoms with Crippen LogP contribution in [0, 0.1) is 0 Å². The highest BCUT2D eigenvalue weighted by atomic mass is 16.4. The summed E-state index contributed by atoms with van der Waals surface area (Å²) < 4.78 is 0. The quantitative estimate of drug-likeness (QED) is 0.0742. The number of hydrogen-bond acceptors (Lipinski definition) is 6. The van der Waals surface area contributed by atoms with Gasteiger partial charge >= 0.3 is 5.97 Å². The Labute approximate surface area is 268 Å². The molecular formula is C34H43N7O5. The molecule has 46 heavy (non-hydrogen) atoms. The molecule has 3 amide bonds. The van der Waals surface area contributed by atoms with Crippen LogP contribution in [-0.4, -0.2) is 72.0 Å². The van der Waals surface area contributed by atoms with Crippen molar-refractivity contribution >= 4 is 40.4 Å². The molecule has 244 valence electrons. The van der Waals surface area contributed by atoms with E-state index in [0.29, 0.717) is 12.8 Å². The number of hydrogen-bond donors (Lipinski definition) is 7. The summed E-state index contributed by atoms with van der Waals surface area (Å²) in [5.74, 6) is -2.81. The van der Waals surface area contributed by atoms with Crippen molar-refractivity contribution < 1.29 is 24.3 Å². The lowest BCUT2D eigenvalue weighted by Gasteiger charge is -2.27. The Morgan fingerprint density at radius 3 is 2.13 bits per heavy atom. The van der Waals surface area contributed by atoms with Crippen LogP contribution in [-0.2, 0) is 32.0 Å². The Hall–Kier alpha value is -4.97. The lowest BCUT2D eigenvalue weighted by Crippen LogP contribution is -2.58. The number of nitrogens with one attached hydrogen (secondary N) is 4. The van der Waals surface area contributed by atoms with Crippen molar-refractivity contribution in [3.8, 4) is 0 Å². The maximum absolute atomic E-state index is 13.9. The topological polar surface area (TPSA) is 201 Å². The number of carboxylic acids is 1. The highest BCUT2D eigenvalue weighted by Gasteiger charge is 2.31. The van der Waals surface area contributed by atoms with Crippen LogP contribution < -0.4 is 32.7 Å². The number of nitrogens with zero attached hydrogens (tertiary/aromatic N) is 1. The maximum atomic E-state index is 13.9. The van der Waals surface area contributed by atoms with Gasteiger partial charge in [-0.1, -0.05) is 79.2 Å². The second-order valence-corrected chi connectivity index (χ2v) is 11.5. The number of benzene rings is 3. The number of carbonyl (C=O) groups excluding carboxylic acids is 3. The van der Waals surface area contributed by atoms with Crippen LogP contribution in [0.4, 0.5) is 0 Å². The molecule has 9 N–H and O–H groups in total. The molecule has 4 rings (SSSR count). The monoisotopic (exact) mass is 629 g/mol. The molecular weight excluding hydrogens is 586 g/mol. The second kappa shape index (κ2) is 16.9.